The summed E-state index contributed by atoms with van der Waals surface area (Å²) in [5.74, 6) is -0.510. The molecule has 0 spiro atoms. The smallest absolute Gasteiger partial charge is 0.271 e. The fraction of sp³-hybridized carbons (Fsp3) is 0.235. The Morgan fingerprint density at radius 3 is 2.83 bits per heavy atom. The Morgan fingerprint density at radius 2 is 2.12 bits per heavy atom. The van der Waals surface area contributed by atoms with Gasteiger partial charge in [-0.15, -0.1) is 11.3 Å². The van der Waals surface area contributed by atoms with Crippen molar-refractivity contribution >= 4 is 34.6 Å². The summed E-state index contributed by atoms with van der Waals surface area (Å²) >= 11 is 1.56. The highest BCUT2D eigenvalue weighted by atomic mass is 32.1. The predicted octanol–water partition coefficient (Wildman–Crippen LogP) is 2.63. The topological polar surface area (TPSA) is 79.8 Å². The van der Waals surface area contributed by atoms with Crippen LogP contribution in [0.2, 0.25) is 0 Å². The molecule has 0 saturated carbocycles. The van der Waals surface area contributed by atoms with Gasteiger partial charge in [0.2, 0.25) is 5.60 Å². The van der Waals surface area contributed by atoms with Crippen LogP contribution in [0.1, 0.15) is 28.6 Å². The zero-order valence-electron chi connectivity index (χ0n) is 13.3. The van der Waals surface area contributed by atoms with Crippen molar-refractivity contribution in [1.82, 2.24) is 5.32 Å². The van der Waals surface area contributed by atoms with Gasteiger partial charge in [-0.3, -0.25) is 9.59 Å². The summed E-state index contributed by atoms with van der Waals surface area (Å²) in [4.78, 5) is 30.7. The minimum absolute atomic E-state index is 0.210. The summed E-state index contributed by atoms with van der Waals surface area (Å²) in [5, 5.41) is 11.4. The van der Waals surface area contributed by atoms with Crippen LogP contribution in [0.25, 0.3) is 0 Å². The standard InChI is InChI=1S/C17H17N3O3S/c1-17(10-13(20-23-17)14-7-4-8-24-14)16(22)19-12-6-3-5-11(9-12)15(21)18-2/h3-9H,10H2,1-2H3,(H,18,21)(H,19,22). The molecule has 3 rings (SSSR count). The number of carbonyl (C=O) groups excluding carboxylic acids is 2. The number of anilines is 1. The minimum atomic E-state index is -1.07. The summed E-state index contributed by atoms with van der Waals surface area (Å²) in [7, 11) is 1.56. The number of rotatable bonds is 4. The molecule has 6 nitrogen and oxygen atoms in total. The molecule has 2 N–H and O–H groups in total. The van der Waals surface area contributed by atoms with Crippen molar-refractivity contribution in [2.24, 2.45) is 5.16 Å². The van der Waals surface area contributed by atoms with Crippen molar-refractivity contribution in [2.75, 3.05) is 12.4 Å². The SMILES string of the molecule is CNC(=O)c1cccc(NC(=O)C2(C)CC(c3cccs3)=NO2)c1. The number of hydrogen-bond donors (Lipinski definition) is 2. The van der Waals surface area contributed by atoms with E-state index in [4.69, 9.17) is 4.84 Å². The number of thiophene rings is 1. The summed E-state index contributed by atoms with van der Waals surface area (Å²) < 4.78 is 0. The van der Waals surface area contributed by atoms with Crippen molar-refractivity contribution in [3.05, 3.63) is 52.2 Å². The monoisotopic (exact) mass is 343 g/mol. The molecule has 1 aromatic heterocycles. The predicted molar refractivity (Wildman–Crippen MR) is 93.4 cm³/mol. The van der Waals surface area contributed by atoms with Gasteiger partial charge in [0, 0.05) is 24.7 Å². The number of amides is 2. The molecule has 0 radical (unpaired) electrons. The number of carbonyl (C=O) groups is 2. The first-order valence-corrected chi connectivity index (χ1v) is 8.32. The molecule has 7 heteroatoms. The second-order valence-corrected chi connectivity index (χ2v) is 6.58. The molecule has 1 unspecified atom stereocenters. The molecule has 0 bridgehead atoms. The molecule has 2 aromatic rings. The van der Waals surface area contributed by atoms with Gasteiger partial charge in [-0.2, -0.15) is 0 Å². The van der Waals surface area contributed by atoms with Crippen LogP contribution >= 0.6 is 11.3 Å². The van der Waals surface area contributed by atoms with Gasteiger partial charge in [0.15, 0.2) is 0 Å². The summed E-state index contributed by atoms with van der Waals surface area (Å²) in [6.45, 7) is 1.70. The Labute approximate surface area is 143 Å². The molecule has 24 heavy (non-hydrogen) atoms. The third-order valence-corrected chi connectivity index (χ3v) is 4.68. The van der Waals surface area contributed by atoms with Gasteiger partial charge in [-0.05, 0) is 36.6 Å². The molecular formula is C17H17N3O3S. The van der Waals surface area contributed by atoms with E-state index in [1.807, 2.05) is 17.5 Å². The minimum Gasteiger partial charge on any atom is -0.379 e. The van der Waals surface area contributed by atoms with Crippen molar-refractivity contribution in [3.8, 4) is 0 Å². The Hall–Kier alpha value is -2.67. The highest BCUT2D eigenvalue weighted by Crippen LogP contribution is 2.29. The maximum Gasteiger partial charge on any atom is 0.271 e. The molecule has 1 aliphatic rings. The average molecular weight is 343 g/mol. The van der Waals surface area contributed by atoms with Crippen LogP contribution < -0.4 is 10.6 Å². The zero-order chi connectivity index (χ0) is 17.2. The number of nitrogens with zero attached hydrogens (tertiary/aromatic N) is 1. The normalized spacial score (nSPS) is 19.3. The third kappa shape index (κ3) is 3.16. The van der Waals surface area contributed by atoms with E-state index in [-0.39, 0.29) is 11.8 Å². The average Bonchev–Trinajstić information content (AvgIpc) is 3.24. The van der Waals surface area contributed by atoms with Gasteiger partial charge in [-0.1, -0.05) is 17.3 Å². The molecule has 2 heterocycles. The Balaban J connectivity index is 1.71. The summed E-state index contributed by atoms with van der Waals surface area (Å²) in [5.41, 5.74) is 0.711. The van der Waals surface area contributed by atoms with E-state index >= 15 is 0 Å². The van der Waals surface area contributed by atoms with Gasteiger partial charge in [0.25, 0.3) is 11.8 Å². The Bertz CT molecular complexity index is 801. The first kappa shape index (κ1) is 16.2. The van der Waals surface area contributed by atoms with E-state index in [0.29, 0.717) is 17.7 Å². The lowest BCUT2D eigenvalue weighted by atomic mass is 9.98. The highest BCUT2D eigenvalue weighted by molar-refractivity contribution is 7.12. The molecule has 1 atom stereocenters. The van der Waals surface area contributed by atoms with E-state index in [9.17, 15) is 9.59 Å². The fourth-order valence-electron chi connectivity index (χ4n) is 2.38. The van der Waals surface area contributed by atoms with Crippen LogP contribution in [0.4, 0.5) is 5.69 Å². The first-order chi connectivity index (χ1) is 11.5. The van der Waals surface area contributed by atoms with Gasteiger partial charge in [0.05, 0.1) is 4.88 Å². The maximum atomic E-state index is 12.6. The largest absolute Gasteiger partial charge is 0.379 e. The number of benzene rings is 1. The molecule has 0 fully saturated rings. The maximum absolute atomic E-state index is 12.6. The van der Waals surface area contributed by atoms with E-state index < -0.39 is 5.60 Å². The van der Waals surface area contributed by atoms with Crippen LogP contribution in [0.3, 0.4) is 0 Å². The molecule has 1 aromatic carbocycles. The first-order valence-electron chi connectivity index (χ1n) is 7.44. The van der Waals surface area contributed by atoms with Crippen LogP contribution in [-0.2, 0) is 9.63 Å². The van der Waals surface area contributed by atoms with Gasteiger partial charge in [-0.25, -0.2) is 0 Å². The van der Waals surface area contributed by atoms with Crippen molar-refractivity contribution < 1.29 is 14.4 Å². The summed E-state index contributed by atoms with van der Waals surface area (Å²) in [6.07, 6.45) is 0.397. The van der Waals surface area contributed by atoms with Gasteiger partial charge < -0.3 is 15.5 Å². The van der Waals surface area contributed by atoms with Crippen LogP contribution in [-0.4, -0.2) is 30.2 Å². The lowest BCUT2D eigenvalue weighted by Gasteiger charge is -2.20. The van der Waals surface area contributed by atoms with Crippen molar-refractivity contribution in [2.45, 2.75) is 18.9 Å². The number of hydrogen-bond acceptors (Lipinski definition) is 5. The zero-order valence-corrected chi connectivity index (χ0v) is 14.1. The number of nitrogens with one attached hydrogen (secondary N) is 2. The molecule has 2 amide bonds. The lowest BCUT2D eigenvalue weighted by Crippen LogP contribution is -2.40. The molecule has 1 aliphatic heterocycles. The fourth-order valence-corrected chi connectivity index (χ4v) is 3.09. The third-order valence-electron chi connectivity index (χ3n) is 3.76. The lowest BCUT2D eigenvalue weighted by molar-refractivity contribution is -0.135. The van der Waals surface area contributed by atoms with E-state index in [2.05, 4.69) is 15.8 Å². The second-order valence-electron chi connectivity index (χ2n) is 5.63. The highest BCUT2D eigenvalue weighted by Gasteiger charge is 2.42. The van der Waals surface area contributed by atoms with Gasteiger partial charge in [0.1, 0.15) is 5.71 Å². The molecule has 0 saturated heterocycles. The molecule has 0 aliphatic carbocycles. The number of oxime groups is 1. The van der Waals surface area contributed by atoms with E-state index in [1.54, 1.807) is 49.6 Å². The Morgan fingerprint density at radius 1 is 1.29 bits per heavy atom. The van der Waals surface area contributed by atoms with Gasteiger partial charge >= 0.3 is 0 Å². The Kier molecular flexibility index (Phi) is 4.35. The quantitative estimate of drug-likeness (QED) is 0.895. The van der Waals surface area contributed by atoms with Crippen molar-refractivity contribution in [1.29, 1.82) is 0 Å². The van der Waals surface area contributed by atoms with E-state index in [1.165, 1.54) is 0 Å². The van der Waals surface area contributed by atoms with E-state index in [0.717, 1.165) is 10.6 Å². The second kappa shape index (κ2) is 6.45. The summed E-state index contributed by atoms with van der Waals surface area (Å²) in [6, 6.07) is 10.6. The van der Waals surface area contributed by atoms with Crippen molar-refractivity contribution in [3.63, 3.8) is 0 Å². The van der Waals surface area contributed by atoms with Crippen LogP contribution in [0.5, 0.6) is 0 Å². The molecule has 124 valence electrons. The van der Waals surface area contributed by atoms with Crippen LogP contribution in [0, 0.1) is 0 Å². The van der Waals surface area contributed by atoms with Crippen LogP contribution in [0.15, 0.2) is 46.9 Å². The molecular weight excluding hydrogens is 326 g/mol.